The van der Waals surface area contributed by atoms with Gasteiger partial charge in [-0.25, -0.2) is 0 Å². The number of rotatable bonds is 6. The maximum Gasteiger partial charge on any atom is 0.168 e. The average molecular weight is 519 g/mol. The Balaban J connectivity index is 1.41. The first-order valence-electron chi connectivity index (χ1n) is 14.0. The van der Waals surface area contributed by atoms with Crippen LogP contribution in [0.25, 0.3) is 56.0 Å². The van der Waals surface area contributed by atoms with Crippen LogP contribution in [-0.2, 0) is 12.8 Å². The average Bonchev–Trinajstić information content (AvgIpc) is 3.61. The fourth-order valence-electron chi connectivity index (χ4n) is 5.66. The van der Waals surface area contributed by atoms with E-state index in [0.717, 1.165) is 47.0 Å². The second-order valence-corrected chi connectivity index (χ2v) is 10.2. The summed E-state index contributed by atoms with van der Waals surface area (Å²) in [4.78, 5) is 0. The summed E-state index contributed by atoms with van der Waals surface area (Å²) in [6, 6.07) is 43.1. The maximum atomic E-state index is 4.63. The lowest BCUT2D eigenvalue weighted by Crippen LogP contribution is -2.01. The van der Waals surface area contributed by atoms with E-state index in [-0.39, 0.29) is 0 Å². The number of fused-ring (bicyclic) bond motifs is 3. The van der Waals surface area contributed by atoms with Crippen molar-refractivity contribution in [1.29, 1.82) is 0 Å². The lowest BCUT2D eigenvalue weighted by atomic mass is 10.1. The van der Waals surface area contributed by atoms with Gasteiger partial charge >= 0.3 is 0 Å². The molecule has 0 saturated heterocycles. The van der Waals surface area contributed by atoms with Crippen molar-refractivity contribution < 1.29 is 0 Å². The molecule has 0 fully saturated rings. The lowest BCUT2D eigenvalue weighted by molar-refractivity contribution is 1.07. The van der Waals surface area contributed by atoms with Gasteiger partial charge in [0.25, 0.3) is 0 Å². The quantitative estimate of drug-likeness (QED) is 0.220. The van der Waals surface area contributed by atoms with E-state index < -0.39 is 0 Å². The smallest absolute Gasteiger partial charge is 0.168 e. The number of aryl methyl sites for hydroxylation is 2. The molecule has 0 unspecified atom stereocenters. The molecule has 7 rings (SSSR count). The molecule has 0 bridgehead atoms. The van der Waals surface area contributed by atoms with Crippen molar-refractivity contribution in [2.75, 3.05) is 0 Å². The van der Waals surface area contributed by atoms with Gasteiger partial charge in [0.2, 0.25) is 0 Å². The topological polar surface area (TPSA) is 35.6 Å². The lowest BCUT2D eigenvalue weighted by Gasteiger charge is -2.13. The normalized spacial score (nSPS) is 11.4. The standard InChI is InChI=1S/C36H30N4/c1-3-25-15-21-33-31(23-25)32-24-26(4-2)16-22-34(32)39(33)29-17-19-30(20-18-29)40-35(27-11-7-5-8-12-27)37-38-36(40)28-13-9-6-10-14-28/h5-24H,3-4H2,1-2H3. The van der Waals surface area contributed by atoms with Crippen LogP contribution in [0.2, 0.25) is 0 Å². The van der Waals surface area contributed by atoms with Gasteiger partial charge in [0, 0.05) is 33.3 Å². The number of hydrogen-bond donors (Lipinski definition) is 0. The third kappa shape index (κ3) is 4.00. The molecule has 7 aromatic rings. The molecule has 0 atom stereocenters. The van der Waals surface area contributed by atoms with Gasteiger partial charge in [-0.3, -0.25) is 4.57 Å². The third-order valence-electron chi connectivity index (χ3n) is 7.80. The van der Waals surface area contributed by atoms with Crippen molar-refractivity contribution in [2.24, 2.45) is 0 Å². The van der Waals surface area contributed by atoms with Gasteiger partial charge in [-0.05, 0) is 72.5 Å². The predicted octanol–water partition coefficient (Wildman–Crippen LogP) is 8.82. The largest absolute Gasteiger partial charge is 0.309 e. The maximum absolute atomic E-state index is 4.63. The van der Waals surface area contributed by atoms with Crippen LogP contribution >= 0.6 is 0 Å². The van der Waals surface area contributed by atoms with E-state index in [1.54, 1.807) is 0 Å². The van der Waals surface area contributed by atoms with Gasteiger partial charge in [-0.15, -0.1) is 10.2 Å². The SMILES string of the molecule is CCc1ccc2c(c1)c1cc(CC)ccc1n2-c1ccc(-n2c(-c3ccccc3)nnc2-c2ccccc2)cc1. The molecule has 40 heavy (non-hydrogen) atoms. The summed E-state index contributed by atoms with van der Waals surface area (Å²) in [5.41, 5.74) is 9.39. The molecule has 5 aromatic carbocycles. The highest BCUT2D eigenvalue weighted by molar-refractivity contribution is 6.09. The third-order valence-corrected chi connectivity index (χ3v) is 7.80. The fourth-order valence-corrected chi connectivity index (χ4v) is 5.66. The summed E-state index contributed by atoms with van der Waals surface area (Å²) in [6.45, 7) is 4.43. The summed E-state index contributed by atoms with van der Waals surface area (Å²) in [5.74, 6) is 1.64. The zero-order valence-electron chi connectivity index (χ0n) is 22.8. The Morgan fingerprint density at radius 1 is 0.475 bits per heavy atom. The van der Waals surface area contributed by atoms with Gasteiger partial charge < -0.3 is 4.57 Å². The molecule has 0 N–H and O–H groups in total. The molecule has 0 radical (unpaired) electrons. The van der Waals surface area contributed by atoms with Crippen LogP contribution in [0.5, 0.6) is 0 Å². The number of hydrogen-bond acceptors (Lipinski definition) is 2. The molecular formula is C36H30N4. The van der Waals surface area contributed by atoms with E-state index in [4.69, 9.17) is 0 Å². The summed E-state index contributed by atoms with van der Waals surface area (Å²) in [6.07, 6.45) is 2.05. The van der Waals surface area contributed by atoms with Crippen molar-refractivity contribution in [1.82, 2.24) is 19.3 Å². The summed E-state index contributed by atoms with van der Waals surface area (Å²) in [5, 5.41) is 11.9. The Bertz CT molecular complexity index is 1830. The molecule has 0 aliphatic heterocycles. The van der Waals surface area contributed by atoms with Crippen LogP contribution in [0.15, 0.2) is 121 Å². The summed E-state index contributed by atoms with van der Waals surface area (Å²) >= 11 is 0. The molecular weight excluding hydrogens is 488 g/mol. The van der Waals surface area contributed by atoms with E-state index in [1.807, 2.05) is 36.4 Å². The Hall–Kier alpha value is -4.96. The molecule has 0 amide bonds. The first kappa shape index (κ1) is 24.1. The first-order valence-corrected chi connectivity index (χ1v) is 14.0. The van der Waals surface area contributed by atoms with Crippen molar-refractivity contribution >= 4 is 21.8 Å². The second-order valence-electron chi connectivity index (χ2n) is 10.2. The van der Waals surface area contributed by atoms with E-state index in [9.17, 15) is 0 Å². The minimum Gasteiger partial charge on any atom is -0.309 e. The van der Waals surface area contributed by atoms with E-state index in [0.29, 0.717) is 0 Å². The van der Waals surface area contributed by atoms with Crippen LogP contribution in [0.4, 0.5) is 0 Å². The number of aromatic nitrogens is 4. The van der Waals surface area contributed by atoms with Crippen LogP contribution in [0, 0.1) is 0 Å². The highest BCUT2D eigenvalue weighted by atomic mass is 15.3. The number of nitrogens with zero attached hydrogens (tertiary/aromatic N) is 4. The monoisotopic (exact) mass is 518 g/mol. The number of benzene rings is 5. The van der Waals surface area contributed by atoms with Crippen LogP contribution in [-0.4, -0.2) is 19.3 Å². The molecule has 2 heterocycles. The molecule has 4 heteroatoms. The Kier molecular flexibility index (Phi) is 6.01. The molecule has 0 spiro atoms. The van der Waals surface area contributed by atoms with Crippen LogP contribution < -0.4 is 0 Å². The first-order chi connectivity index (χ1) is 19.7. The minimum absolute atomic E-state index is 0.822. The van der Waals surface area contributed by atoms with E-state index in [2.05, 4.69) is 118 Å². The summed E-state index contributed by atoms with van der Waals surface area (Å²) < 4.78 is 4.54. The van der Waals surface area contributed by atoms with Crippen molar-refractivity contribution in [3.05, 3.63) is 132 Å². The molecule has 194 valence electrons. The minimum atomic E-state index is 0.822. The van der Waals surface area contributed by atoms with Gasteiger partial charge in [-0.2, -0.15) is 0 Å². The van der Waals surface area contributed by atoms with E-state index in [1.165, 1.54) is 32.9 Å². The van der Waals surface area contributed by atoms with Gasteiger partial charge in [-0.1, -0.05) is 86.6 Å². The van der Waals surface area contributed by atoms with Crippen LogP contribution in [0.1, 0.15) is 25.0 Å². The zero-order chi connectivity index (χ0) is 27.1. The van der Waals surface area contributed by atoms with Gasteiger partial charge in [0.05, 0.1) is 11.0 Å². The van der Waals surface area contributed by atoms with Gasteiger partial charge in [0.15, 0.2) is 11.6 Å². The molecule has 0 aliphatic rings. The second kappa shape index (κ2) is 9.97. The summed E-state index contributed by atoms with van der Waals surface area (Å²) in [7, 11) is 0. The molecule has 0 saturated carbocycles. The highest BCUT2D eigenvalue weighted by Crippen LogP contribution is 2.35. The molecule has 4 nitrogen and oxygen atoms in total. The zero-order valence-corrected chi connectivity index (χ0v) is 22.8. The molecule has 2 aromatic heterocycles. The Labute approximate surface area is 234 Å². The predicted molar refractivity (Wildman–Crippen MR) is 165 cm³/mol. The highest BCUT2D eigenvalue weighted by Gasteiger charge is 2.18. The van der Waals surface area contributed by atoms with Crippen LogP contribution in [0.3, 0.4) is 0 Å². The van der Waals surface area contributed by atoms with Crippen molar-refractivity contribution in [3.8, 4) is 34.2 Å². The van der Waals surface area contributed by atoms with Gasteiger partial charge in [0.1, 0.15) is 0 Å². The van der Waals surface area contributed by atoms with Crippen molar-refractivity contribution in [3.63, 3.8) is 0 Å². The molecule has 0 aliphatic carbocycles. The Morgan fingerprint density at radius 2 is 0.900 bits per heavy atom. The Morgan fingerprint density at radius 3 is 1.32 bits per heavy atom. The van der Waals surface area contributed by atoms with Crippen molar-refractivity contribution in [2.45, 2.75) is 26.7 Å². The fraction of sp³-hybridized carbons (Fsp3) is 0.111. The van der Waals surface area contributed by atoms with E-state index >= 15 is 0 Å².